The Morgan fingerprint density at radius 1 is 1.32 bits per heavy atom. The molecule has 0 spiro atoms. The standard InChI is InChI=1S/C24H32F2N7O7P/c1-6-37-19(34)14(2)31-41(36,40-15-10-8-7-9-11-15)38-12-24(26)20(35)23(3,25)21(39-24)33-13-28-16-17(32(4)5)29-22(27)30-18(16)33/h7-11,13-14,20-21,35H,6,12H2,1-5H3,(H,31,36)(H2,27,29,30)/t14-,20+,21-,23-,24-,41?/m1/s1. The fourth-order valence-electron chi connectivity index (χ4n) is 4.21. The lowest BCUT2D eigenvalue weighted by atomic mass is 9.97. The molecule has 17 heteroatoms. The molecule has 41 heavy (non-hydrogen) atoms. The number of nitrogens with zero attached hydrogens (tertiary/aromatic N) is 5. The Bertz CT molecular complexity index is 1440. The number of anilines is 2. The van der Waals surface area contributed by atoms with E-state index >= 15 is 8.78 Å². The van der Waals surface area contributed by atoms with Gasteiger partial charge < -0.3 is 29.7 Å². The van der Waals surface area contributed by atoms with Gasteiger partial charge in [0.25, 0.3) is 5.85 Å². The first kappa shape index (κ1) is 30.5. The molecular weight excluding hydrogens is 567 g/mol. The lowest BCUT2D eigenvalue weighted by Crippen LogP contribution is -2.47. The van der Waals surface area contributed by atoms with Crippen LogP contribution < -0.4 is 20.2 Å². The van der Waals surface area contributed by atoms with E-state index in [2.05, 4.69) is 20.0 Å². The second-order valence-electron chi connectivity index (χ2n) is 9.71. The molecule has 1 unspecified atom stereocenters. The number of aliphatic hydroxyl groups is 1. The molecule has 2 aromatic heterocycles. The first-order chi connectivity index (χ1) is 19.2. The van der Waals surface area contributed by atoms with Gasteiger partial charge in [0.15, 0.2) is 35.0 Å². The molecule has 3 heterocycles. The van der Waals surface area contributed by atoms with Gasteiger partial charge in [-0.1, -0.05) is 18.2 Å². The third-order valence-electron chi connectivity index (χ3n) is 6.22. The number of para-hydroxylation sites is 1. The van der Waals surface area contributed by atoms with Crippen molar-refractivity contribution in [3.8, 4) is 5.75 Å². The number of esters is 1. The van der Waals surface area contributed by atoms with Gasteiger partial charge in [0, 0.05) is 14.1 Å². The number of hydrogen-bond donors (Lipinski definition) is 3. The fourth-order valence-corrected chi connectivity index (χ4v) is 5.71. The van der Waals surface area contributed by atoms with E-state index in [1.165, 1.54) is 19.1 Å². The van der Waals surface area contributed by atoms with E-state index in [1.54, 1.807) is 44.1 Å². The van der Waals surface area contributed by atoms with Crippen molar-refractivity contribution in [2.45, 2.75) is 50.7 Å². The van der Waals surface area contributed by atoms with Crippen molar-refractivity contribution < 1.29 is 41.8 Å². The highest BCUT2D eigenvalue weighted by Gasteiger charge is 2.65. The summed E-state index contributed by atoms with van der Waals surface area (Å²) >= 11 is 0. The van der Waals surface area contributed by atoms with Crippen molar-refractivity contribution in [2.75, 3.05) is 37.9 Å². The van der Waals surface area contributed by atoms with E-state index in [4.69, 9.17) is 24.3 Å². The van der Waals surface area contributed by atoms with Gasteiger partial charge in [-0.05, 0) is 32.9 Å². The maximum absolute atomic E-state index is 16.2. The van der Waals surface area contributed by atoms with Crippen molar-refractivity contribution in [1.82, 2.24) is 24.6 Å². The summed E-state index contributed by atoms with van der Waals surface area (Å²) in [5.74, 6) is -3.79. The highest BCUT2D eigenvalue weighted by Crippen LogP contribution is 2.52. The van der Waals surface area contributed by atoms with Crippen LogP contribution in [0.5, 0.6) is 5.75 Å². The van der Waals surface area contributed by atoms with Gasteiger partial charge >= 0.3 is 13.7 Å². The number of carbonyl (C=O) groups is 1. The minimum absolute atomic E-state index is 0.0236. The number of fused-ring (bicyclic) bond motifs is 1. The minimum Gasteiger partial charge on any atom is -0.465 e. The van der Waals surface area contributed by atoms with E-state index < -0.39 is 50.2 Å². The molecule has 6 atom stereocenters. The summed E-state index contributed by atoms with van der Waals surface area (Å²) in [5, 5.41) is 13.1. The molecule has 1 fully saturated rings. The lowest BCUT2D eigenvalue weighted by molar-refractivity contribution is -0.202. The van der Waals surface area contributed by atoms with Crippen molar-refractivity contribution in [3.05, 3.63) is 36.7 Å². The molecule has 1 saturated heterocycles. The molecule has 0 aliphatic carbocycles. The van der Waals surface area contributed by atoms with Crippen molar-refractivity contribution in [3.63, 3.8) is 0 Å². The average molecular weight is 600 g/mol. The van der Waals surface area contributed by atoms with Gasteiger partial charge in [-0.25, -0.2) is 18.3 Å². The van der Waals surface area contributed by atoms with Crippen LogP contribution in [0, 0.1) is 0 Å². The second kappa shape index (κ2) is 11.4. The number of hydrogen-bond acceptors (Lipinski definition) is 12. The number of imidazole rings is 1. The number of benzene rings is 1. The molecule has 0 bridgehead atoms. The number of halogens is 2. The number of ether oxygens (including phenoxy) is 2. The Hall–Kier alpha value is -3.43. The molecular formula is C24H32F2N7O7P. The van der Waals surface area contributed by atoms with E-state index in [0.717, 1.165) is 17.8 Å². The topological polar surface area (TPSA) is 176 Å². The maximum atomic E-state index is 16.2. The molecule has 4 N–H and O–H groups in total. The molecule has 1 aliphatic heterocycles. The molecule has 0 saturated carbocycles. The summed E-state index contributed by atoms with van der Waals surface area (Å²) in [5.41, 5.74) is 3.31. The highest BCUT2D eigenvalue weighted by atomic mass is 31.2. The zero-order valence-corrected chi connectivity index (χ0v) is 23.9. The van der Waals surface area contributed by atoms with Gasteiger partial charge in [0.1, 0.15) is 18.4 Å². The highest BCUT2D eigenvalue weighted by molar-refractivity contribution is 7.52. The SMILES string of the molecule is CCOC(=O)[C@@H](C)NP(=O)(OC[C@@]1(F)O[C@@H](n2cnc3c(N(C)C)nc(N)nc32)[C@](C)(F)[C@@H]1O)Oc1ccccc1. The Morgan fingerprint density at radius 2 is 2.00 bits per heavy atom. The van der Waals surface area contributed by atoms with Crippen LogP contribution >= 0.6 is 7.75 Å². The molecule has 3 aromatic rings. The zero-order valence-electron chi connectivity index (χ0n) is 23.0. The summed E-state index contributed by atoms with van der Waals surface area (Å²) in [6.45, 7) is 2.64. The van der Waals surface area contributed by atoms with Gasteiger partial charge in [-0.2, -0.15) is 15.1 Å². The number of nitrogens with two attached hydrogens (primary N) is 1. The quantitative estimate of drug-likeness (QED) is 0.217. The van der Waals surface area contributed by atoms with Gasteiger partial charge in [0.05, 0.1) is 12.9 Å². The molecule has 224 valence electrons. The smallest absolute Gasteiger partial charge is 0.459 e. The van der Waals surface area contributed by atoms with Crippen LogP contribution in [0.2, 0.25) is 0 Å². The van der Waals surface area contributed by atoms with Crippen LogP contribution in [0.4, 0.5) is 20.5 Å². The predicted molar refractivity (Wildman–Crippen MR) is 143 cm³/mol. The van der Waals surface area contributed by atoms with Crippen LogP contribution in [0.3, 0.4) is 0 Å². The van der Waals surface area contributed by atoms with Gasteiger partial charge in [-0.15, -0.1) is 0 Å². The Morgan fingerprint density at radius 3 is 2.63 bits per heavy atom. The van der Waals surface area contributed by atoms with Crippen molar-refractivity contribution >= 4 is 36.6 Å². The first-order valence-corrected chi connectivity index (χ1v) is 14.1. The summed E-state index contributed by atoms with van der Waals surface area (Å²) in [6.07, 6.45) is -3.08. The van der Waals surface area contributed by atoms with Crippen molar-refractivity contribution in [1.29, 1.82) is 0 Å². The second-order valence-corrected chi connectivity index (χ2v) is 11.4. The Kier molecular flexibility index (Phi) is 8.52. The number of carbonyl (C=O) groups excluding carboxylic acids is 1. The van der Waals surface area contributed by atoms with Crippen LogP contribution in [-0.2, 0) is 23.4 Å². The van der Waals surface area contributed by atoms with Gasteiger partial charge in [0.2, 0.25) is 5.95 Å². The largest absolute Gasteiger partial charge is 0.465 e. The van der Waals surface area contributed by atoms with E-state index in [9.17, 15) is 14.5 Å². The summed E-state index contributed by atoms with van der Waals surface area (Å²) in [6, 6.07) is 6.54. The molecule has 14 nitrogen and oxygen atoms in total. The molecule has 1 aromatic carbocycles. The van der Waals surface area contributed by atoms with Crippen LogP contribution in [0.1, 0.15) is 27.0 Å². The first-order valence-electron chi connectivity index (χ1n) is 12.6. The average Bonchev–Trinajstić information content (AvgIpc) is 3.40. The third-order valence-corrected chi connectivity index (χ3v) is 7.85. The predicted octanol–water partition coefficient (Wildman–Crippen LogP) is 2.50. The molecule has 0 radical (unpaired) electrons. The number of aliphatic hydroxyl groups excluding tert-OH is 1. The van der Waals surface area contributed by atoms with Crippen molar-refractivity contribution in [2.24, 2.45) is 0 Å². The minimum atomic E-state index is -4.55. The normalized spacial score (nSPS) is 26.4. The summed E-state index contributed by atoms with van der Waals surface area (Å²) in [7, 11) is -1.17. The third kappa shape index (κ3) is 6.11. The number of nitrogen functional groups attached to an aromatic ring is 1. The van der Waals surface area contributed by atoms with Crippen LogP contribution in [-0.4, -0.2) is 81.6 Å². The summed E-state index contributed by atoms with van der Waals surface area (Å²) < 4.78 is 68.0. The monoisotopic (exact) mass is 599 g/mol. The fraction of sp³-hybridized carbons (Fsp3) is 0.500. The number of rotatable bonds is 11. The molecule has 1 aliphatic rings. The van der Waals surface area contributed by atoms with E-state index in [0.29, 0.717) is 5.82 Å². The van der Waals surface area contributed by atoms with E-state index in [1.807, 2.05) is 0 Å². The van der Waals surface area contributed by atoms with Crippen LogP contribution in [0.15, 0.2) is 36.7 Å². The summed E-state index contributed by atoms with van der Waals surface area (Å²) in [4.78, 5) is 26.2. The Balaban J connectivity index is 1.63. The molecule has 4 rings (SSSR count). The van der Waals surface area contributed by atoms with Crippen LogP contribution in [0.25, 0.3) is 11.2 Å². The maximum Gasteiger partial charge on any atom is 0.459 e. The zero-order chi connectivity index (χ0) is 30.2. The van der Waals surface area contributed by atoms with Gasteiger partial charge in [-0.3, -0.25) is 13.9 Å². The Labute approximate surface area is 234 Å². The van der Waals surface area contributed by atoms with E-state index in [-0.39, 0.29) is 29.5 Å². The molecule has 0 amide bonds. The number of alkyl halides is 2. The lowest BCUT2D eigenvalue weighted by Gasteiger charge is -2.28. The number of aromatic nitrogens is 4. The number of nitrogens with one attached hydrogen (secondary N) is 1.